The number of nitrogens with zero attached hydrogens (tertiary/aromatic N) is 4. The van der Waals surface area contributed by atoms with Gasteiger partial charge in [-0.3, -0.25) is 0 Å². The summed E-state index contributed by atoms with van der Waals surface area (Å²) in [5, 5.41) is 41.5. The Morgan fingerprint density at radius 3 is 0.674 bits per heavy atom. The summed E-state index contributed by atoms with van der Waals surface area (Å²) in [4.78, 5) is 21.1. The van der Waals surface area contributed by atoms with Gasteiger partial charge in [-0.25, -0.2) is 19.9 Å². The van der Waals surface area contributed by atoms with Gasteiger partial charge >= 0.3 is 0 Å². The Morgan fingerprint density at radius 1 is 0.130 bits per heavy atom. The van der Waals surface area contributed by atoms with Gasteiger partial charge in [-0.15, -0.1) is 0 Å². The predicted octanol–water partition coefficient (Wildman–Crippen LogP) is 36.5. The van der Waals surface area contributed by atoms with Gasteiger partial charge in [0.2, 0.25) is 11.8 Å². The van der Waals surface area contributed by atoms with Crippen molar-refractivity contribution in [2.24, 2.45) is 0 Å². The Kier molecular flexibility index (Phi) is 17.1. The molecule has 0 aliphatic carbocycles. The van der Waals surface area contributed by atoms with E-state index >= 15 is 0 Å². The van der Waals surface area contributed by atoms with Crippen LogP contribution in [-0.4, -0.2) is 19.9 Å². The van der Waals surface area contributed by atoms with Gasteiger partial charge in [0.1, 0.15) is 11.0 Å². The molecule has 30 rings (SSSR count). The first kappa shape index (κ1) is 77.3. The fraction of sp³-hybridized carbons (Fsp3) is 0. The molecule has 636 valence electrons. The van der Waals surface area contributed by atoms with E-state index in [0.717, 1.165) is 132 Å². The average Bonchev–Trinajstić information content (AvgIpc) is 1.25. The summed E-state index contributed by atoms with van der Waals surface area (Å²) >= 11 is 0. The number of rotatable bonds is 8. The number of para-hydroxylation sites is 2. The molecule has 0 atom stereocenters. The van der Waals surface area contributed by atoms with Gasteiger partial charge in [0.15, 0.2) is 11.2 Å². The van der Waals surface area contributed by atoms with Gasteiger partial charge in [-0.2, -0.15) is 0 Å². The maximum absolute atomic E-state index is 6.68. The SMILES string of the molecule is c1ccc2c(c1)c(-c1ccc3c4ccccc4c4ccccc4c3c1)cc1c(-c3ccc4c5ccccc5c5ccccc5c4c3)cc(-c3ccc(-c4nc5c6ccccc6c6ccccc6c5o4)cc3)nc12.c1ccc2oc(-c3ccc(-c4cc(-c5ccc6c7ccccc7c7ccccc7c6c5)c5cc(-c6ccc7c8ccccc8c8ccccc8c7c6)c6ccccc6c5n4)cc3)nc2c1. The van der Waals surface area contributed by atoms with Gasteiger partial charge in [0.25, 0.3) is 0 Å². The number of aromatic nitrogens is 4. The van der Waals surface area contributed by atoms with Crippen LogP contribution < -0.4 is 0 Å². The number of oxazole rings is 2. The average molecular weight is 1750 g/mol. The van der Waals surface area contributed by atoms with E-state index < -0.39 is 0 Å². The Labute approximate surface area is 790 Å². The van der Waals surface area contributed by atoms with Gasteiger partial charge < -0.3 is 8.83 Å². The topological polar surface area (TPSA) is 77.8 Å². The molecule has 0 aliphatic heterocycles. The van der Waals surface area contributed by atoms with E-state index in [9.17, 15) is 0 Å². The number of benzene rings is 26. The molecule has 6 nitrogen and oxygen atoms in total. The molecule has 0 unspecified atom stereocenters. The van der Waals surface area contributed by atoms with Crippen molar-refractivity contribution in [1.82, 2.24) is 19.9 Å². The van der Waals surface area contributed by atoms with Gasteiger partial charge in [-0.05, 0) is 280 Å². The third-order valence-electron chi connectivity index (χ3n) is 29.3. The van der Waals surface area contributed by atoms with Crippen molar-refractivity contribution in [3.63, 3.8) is 0 Å². The highest BCUT2D eigenvalue weighted by Gasteiger charge is 2.25. The van der Waals surface area contributed by atoms with E-state index in [4.69, 9.17) is 28.8 Å². The van der Waals surface area contributed by atoms with E-state index in [0.29, 0.717) is 11.8 Å². The molecule has 0 amide bonds. The van der Waals surface area contributed by atoms with Crippen molar-refractivity contribution >= 4 is 216 Å². The highest BCUT2D eigenvalue weighted by atomic mass is 16.4. The zero-order valence-electron chi connectivity index (χ0n) is 74.5. The van der Waals surface area contributed by atoms with Crippen LogP contribution >= 0.6 is 0 Å². The van der Waals surface area contributed by atoms with Crippen LogP contribution in [0.5, 0.6) is 0 Å². The van der Waals surface area contributed by atoms with Crippen molar-refractivity contribution in [2.75, 3.05) is 0 Å². The van der Waals surface area contributed by atoms with Crippen LogP contribution in [0, 0.1) is 0 Å². The number of pyridine rings is 2. The third kappa shape index (κ3) is 12.0. The molecule has 0 bridgehead atoms. The highest BCUT2D eigenvalue weighted by molar-refractivity contribution is 6.32. The van der Waals surface area contributed by atoms with E-state index in [1.54, 1.807) is 0 Å². The highest BCUT2D eigenvalue weighted by Crippen LogP contribution is 2.50. The first-order valence-electron chi connectivity index (χ1n) is 47.3. The lowest BCUT2D eigenvalue weighted by Gasteiger charge is -2.17. The van der Waals surface area contributed by atoms with Crippen LogP contribution in [-0.2, 0) is 0 Å². The molecular weight excluding hydrogens is 1670 g/mol. The molecular formula is C132H76N4O2. The summed E-state index contributed by atoms with van der Waals surface area (Å²) in [7, 11) is 0. The van der Waals surface area contributed by atoms with Crippen molar-refractivity contribution < 1.29 is 8.83 Å². The zero-order valence-corrected chi connectivity index (χ0v) is 74.5. The second kappa shape index (κ2) is 30.6. The summed E-state index contributed by atoms with van der Waals surface area (Å²) in [5.41, 5.74) is 20.2. The lowest BCUT2D eigenvalue weighted by molar-refractivity contribution is 0.620. The number of hydrogen-bond donors (Lipinski definition) is 0. The quantitative estimate of drug-likeness (QED) is 0.141. The summed E-state index contributed by atoms with van der Waals surface area (Å²) < 4.78 is 12.8. The standard InChI is InChI=1S/C70H40N2O.C62H36N2O/c1-3-19-49-45(15-1)47-17-5-7-23-53(47)63-37-43(33-35-56(49)63)61-39-65-62(44-34-36-57-50-20-4-2-16-46(50)48-18-6-8-24-54(48)64(57)38-44)40-66(71-67(65)58-26-12-10-25-55(58)61)41-29-31-42(32-30-41)70-72-68-59-27-13-9-21-51(59)52-22-11-14-28-60(52)69(68)73-70;1-3-17-45-41(13-1)43-15-5-7-19-47(43)55-33-39(29-31-50(45)55)53-35-57-54(40-30-32-51-46-18-4-2-14-42(46)44-16-6-8-20-48(44)56(51)34-40)36-59(63-61(57)52-22-10-9-21-49(52)53)37-25-27-38(28-26-37)62-64-58-23-11-12-24-60(58)65-62/h1-40H;1-36H. The summed E-state index contributed by atoms with van der Waals surface area (Å²) in [6.07, 6.45) is 0. The van der Waals surface area contributed by atoms with Crippen molar-refractivity contribution in [1.29, 1.82) is 0 Å². The fourth-order valence-corrected chi connectivity index (χ4v) is 22.9. The fourth-order valence-electron chi connectivity index (χ4n) is 22.9. The normalized spacial score (nSPS) is 12.1. The molecule has 4 aromatic heterocycles. The van der Waals surface area contributed by atoms with Crippen LogP contribution in [0.3, 0.4) is 0 Å². The molecule has 138 heavy (non-hydrogen) atoms. The van der Waals surface area contributed by atoms with Crippen molar-refractivity contribution in [3.05, 3.63) is 461 Å². The van der Waals surface area contributed by atoms with E-state index in [-0.39, 0.29) is 0 Å². The Hall–Kier alpha value is -18.4. The second-order valence-corrected chi connectivity index (χ2v) is 36.7. The zero-order chi connectivity index (χ0) is 90.3. The summed E-state index contributed by atoms with van der Waals surface area (Å²) in [6.45, 7) is 0. The first-order chi connectivity index (χ1) is 68.4. The minimum Gasteiger partial charge on any atom is -0.436 e. The first-order valence-corrected chi connectivity index (χ1v) is 47.3. The van der Waals surface area contributed by atoms with Crippen LogP contribution in [0.1, 0.15) is 0 Å². The Balaban J connectivity index is 0.000000134. The van der Waals surface area contributed by atoms with Crippen LogP contribution in [0.2, 0.25) is 0 Å². The van der Waals surface area contributed by atoms with Crippen molar-refractivity contribution in [3.8, 4) is 89.9 Å². The maximum Gasteiger partial charge on any atom is 0.227 e. The monoisotopic (exact) mass is 1750 g/mol. The van der Waals surface area contributed by atoms with Crippen LogP contribution in [0.4, 0.5) is 0 Å². The molecule has 26 aromatic carbocycles. The van der Waals surface area contributed by atoms with Gasteiger partial charge in [-0.1, -0.05) is 376 Å². The maximum atomic E-state index is 6.68. The molecule has 6 heteroatoms. The smallest absolute Gasteiger partial charge is 0.227 e. The molecule has 0 radical (unpaired) electrons. The molecule has 4 heterocycles. The molecule has 0 saturated carbocycles. The molecule has 30 aromatic rings. The number of hydrogen-bond acceptors (Lipinski definition) is 6. The van der Waals surface area contributed by atoms with E-state index in [2.05, 4.69) is 437 Å². The van der Waals surface area contributed by atoms with Gasteiger partial charge in [0.05, 0.1) is 22.4 Å². The second-order valence-electron chi connectivity index (χ2n) is 36.7. The van der Waals surface area contributed by atoms with Crippen molar-refractivity contribution in [2.45, 2.75) is 0 Å². The molecule has 0 spiro atoms. The Bertz CT molecular complexity index is 10300. The third-order valence-corrected chi connectivity index (χ3v) is 29.3. The van der Waals surface area contributed by atoms with Gasteiger partial charge in [0, 0.05) is 54.6 Å². The predicted molar refractivity (Wildman–Crippen MR) is 582 cm³/mol. The summed E-state index contributed by atoms with van der Waals surface area (Å²) in [6, 6.07) is 167. The Morgan fingerprint density at radius 2 is 0.355 bits per heavy atom. The lowest BCUT2D eigenvalue weighted by atomic mass is 9.88. The largest absolute Gasteiger partial charge is 0.436 e. The van der Waals surface area contributed by atoms with E-state index in [1.807, 2.05) is 24.3 Å². The molecule has 0 aliphatic rings. The van der Waals surface area contributed by atoms with Crippen LogP contribution in [0.25, 0.3) is 306 Å². The summed E-state index contributed by atoms with van der Waals surface area (Å²) in [5.74, 6) is 1.20. The lowest BCUT2D eigenvalue weighted by Crippen LogP contribution is -1.94. The van der Waals surface area contributed by atoms with Crippen LogP contribution in [0.15, 0.2) is 470 Å². The number of fused-ring (bicyclic) bond motifs is 37. The molecule has 0 fully saturated rings. The minimum atomic E-state index is 0.597. The molecule has 0 N–H and O–H groups in total. The molecule has 0 saturated heterocycles. The van der Waals surface area contributed by atoms with E-state index in [1.165, 1.54) is 162 Å². The minimum absolute atomic E-state index is 0.597.